The number of thioether (sulfide) groups is 2. The second kappa shape index (κ2) is 6.78. The van der Waals surface area contributed by atoms with E-state index in [0.29, 0.717) is 14.0 Å². The van der Waals surface area contributed by atoms with E-state index in [2.05, 4.69) is 0 Å². The number of rotatable bonds is 4. The summed E-state index contributed by atoms with van der Waals surface area (Å²) in [6.45, 7) is 2.24. The number of esters is 1. The number of unbranched alkanes of at least 4 members (excludes halogenated alkanes) is 1. The lowest BCUT2D eigenvalue weighted by Crippen LogP contribution is -2.08. The zero-order valence-electron chi connectivity index (χ0n) is 11.3. The fourth-order valence-electron chi connectivity index (χ4n) is 1.60. The molecule has 0 fully saturated rings. The number of nitriles is 1. The smallest absolute Gasteiger partial charge is 0.350 e. The zero-order valence-corrected chi connectivity index (χ0v) is 12.9. The van der Waals surface area contributed by atoms with Crippen molar-refractivity contribution in [2.45, 2.75) is 29.6 Å². The molecule has 1 aliphatic rings. The summed E-state index contributed by atoms with van der Waals surface area (Å²) in [7, 11) is 0. The molecule has 0 unspecified atom stereocenters. The maximum Gasteiger partial charge on any atom is 0.350 e. The summed E-state index contributed by atoms with van der Waals surface area (Å²) in [6, 6.07) is 4.59. The summed E-state index contributed by atoms with van der Waals surface area (Å²) in [5.74, 6) is -0.661. The Kier molecular flexibility index (Phi) is 5.04. The maximum atomic E-state index is 11.9. The molecule has 0 saturated heterocycles. The van der Waals surface area contributed by atoms with Gasteiger partial charge in [0.2, 0.25) is 0 Å². The molecule has 0 radical (unpaired) electrons. The topological polar surface area (TPSA) is 90.6 Å². The predicted octanol–water partition coefficient (Wildman–Crippen LogP) is 3.37. The molecule has 2 N–H and O–H groups in total. The maximum absolute atomic E-state index is 11.9. The van der Waals surface area contributed by atoms with Gasteiger partial charge in [0, 0.05) is 0 Å². The molecule has 0 aliphatic carbocycles. The van der Waals surface area contributed by atoms with Gasteiger partial charge < -0.3 is 14.9 Å². The van der Waals surface area contributed by atoms with Crippen LogP contribution in [0.25, 0.3) is 0 Å². The molecule has 0 bridgehead atoms. The van der Waals surface area contributed by atoms with Crippen molar-refractivity contribution >= 4 is 29.5 Å². The first-order valence-electron chi connectivity index (χ1n) is 6.30. The highest BCUT2D eigenvalue weighted by Crippen LogP contribution is 2.58. The van der Waals surface area contributed by atoms with Crippen LogP contribution in [0, 0.1) is 11.3 Å². The number of fused-ring (bicyclic) bond motifs is 1. The average Bonchev–Trinajstić information content (AvgIpc) is 2.90. The molecule has 0 atom stereocenters. The highest BCUT2D eigenvalue weighted by molar-refractivity contribution is 8.24. The minimum atomic E-state index is -0.673. The Morgan fingerprint density at radius 2 is 1.86 bits per heavy atom. The van der Waals surface area contributed by atoms with Crippen molar-refractivity contribution in [2.75, 3.05) is 6.61 Å². The predicted molar refractivity (Wildman–Crippen MR) is 80.0 cm³/mol. The summed E-state index contributed by atoms with van der Waals surface area (Å²) in [5.41, 5.74) is -0.101. The quantitative estimate of drug-likeness (QED) is 0.288. The van der Waals surface area contributed by atoms with E-state index in [1.165, 1.54) is 12.1 Å². The summed E-state index contributed by atoms with van der Waals surface area (Å²) in [6.07, 6.45) is 1.63. The van der Waals surface area contributed by atoms with Crippen LogP contribution in [0.1, 0.15) is 19.8 Å². The number of aromatic hydroxyl groups is 2. The molecule has 0 saturated carbocycles. The molecule has 7 heteroatoms. The third kappa shape index (κ3) is 3.28. The van der Waals surface area contributed by atoms with Gasteiger partial charge in [0.15, 0.2) is 5.57 Å². The van der Waals surface area contributed by atoms with E-state index in [0.717, 1.165) is 36.4 Å². The van der Waals surface area contributed by atoms with Gasteiger partial charge in [-0.2, -0.15) is 5.26 Å². The van der Waals surface area contributed by atoms with Gasteiger partial charge in [-0.15, -0.1) is 0 Å². The number of carbonyl (C=O) groups excluding carboxylic acids is 1. The highest BCUT2D eigenvalue weighted by atomic mass is 32.2. The second-order valence-electron chi connectivity index (χ2n) is 4.23. The van der Waals surface area contributed by atoms with E-state index in [1.54, 1.807) is 0 Å². The minimum absolute atomic E-state index is 0.00643. The van der Waals surface area contributed by atoms with Crippen LogP contribution in [0.5, 0.6) is 11.5 Å². The average molecular weight is 323 g/mol. The van der Waals surface area contributed by atoms with E-state index in [9.17, 15) is 20.3 Å². The van der Waals surface area contributed by atoms with Crippen molar-refractivity contribution in [1.82, 2.24) is 0 Å². The van der Waals surface area contributed by atoms with E-state index in [1.807, 2.05) is 13.0 Å². The molecule has 110 valence electrons. The Bertz CT molecular complexity index is 616. The Hall–Kier alpha value is -1.78. The summed E-state index contributed by atoms with van der Waals surface area (Å²) < 4.78 is 5.44. The Balaban J connectivity index is 2.25. The standard InChI is InChI=1S/C14H13NO4S2/c1-2-3-6-19-13(18)8(7-15)14-20-11-9(16)4-5-10(17)12(11)21-14/h4-5,16-17H,2-3,6H2,1H3. The van der Waals surface area contributed by atoms with Gasteiger partial charge in [-0.3, -0.25) is 0 Å². The molecular weight excluding hydrogens is 310 g/mol. The van der Waals surface area contributed by atoms with E-state index in [-0.39, 0.29) is 23.7 Å². The minimum Gasteiger partial charge on any atom is -0.507 e. The van der Waals surface area contributed by atoms with Crippen molar-refractivity contribution in [2.24, 2.45) is 0 Å². The normalized spacial score (nSPS) is 12.7. The molecule has 0 spiro atoms. The lowest BCUT2D eigenvalue weighted by atomic mass is 10.3. The number of benzene rings is 1. The Labute approximate surface area is 130 Å². The lowest BCUT2D eigenvalue weighted by Gasteiger charge is -2.04. The summed E-state index contributed by atoms with van der Waals surface area (Å²) in [4.78, 5) is 12.8. The monoisotopic (exact) mass is 323 g/mol. The highest BCUT2D eigenvalue weighted by Gasteiger charge is 2.29. The van der Waals surface area contributed by atoms with Crippen LogP contribution in [0.15, 0.2) is 31.7 Å². The van der Waals surface area contributed by atoms with Crippen LogP contribution in [0.2, 0.25) is 0 Å². The van der Waals surface area contributed by atoms with Gasteiger partial charge in [-0.1, -0.05) is 36.9 Å². The molecular formula is C14H13NO4S2. The van der Waals surface area contributed by atoms with E-state index in [4.69, 9.17) is 4.74 Å². The van der Waals surface area contributed by atoms with E-state index >= 15 is 0 Å². The SMILES string of the molecule is CCCCOC(=O)C(C#N)=C1Sc2c(O)ccc(O)c2S1. The molecule has 1 aromatic rings. The van der Waals surface area contributed by atoms with Crippen LogP contribution < -0.4 is 0 Å². The number of nitrogens with zero attached hydrogens (tertiary/aromatic N) is 1. The van der Waals surface area contributed by atoms with Crippen LogP contribution in [-0.2, 0) is 9.53 Å². The molecule has 1 aliphatic heterocycles. The third-order valence-electron chi connectivity index (χ3n) is 2.71. The van der Waals surface area contributed by atoms with Gasteiger partial charge in [0.05, 0.1) is 20.6 Å². The number of hydrogen-bond acceptors (Lipinski definition) is 7. The molecule has 0 aromatic heterocycles. The number of hydrogen-bond donors (Lipinski definition) is 2. The van der Waals surface area contributed by atoms with Crippen LogP contribution in [-0.4, -0.2) is 22.8 Å². The first-order valence-corrected chi connectivity index (χ1v) is 7.94. The van der Waals surface area contributed by atoms with Crippen molar-refractivity contribution in [3.63, 3.8) is 0 Å². The summed E-state index contributed by atoms with van der Waals surface area (Å²) >= 11 is 2.17. The van der Waals surface area contributed by atoms with Crippen LogP contribution in [0.3, 0.4) is 0 Å². The van der Waals surface area contributed by atoms with Crippen molar-refractivity contribution < 1.29 is 19.7 Å². The van der Waals surface area contributed by atoms with Crippen LogP contribution in [0.4, 0.5) is 0 Å². The van der Waals surface area contributed by atoms with Gasteiger partial charge in [0.1, 0.15) is 17.6 Å². The third-order valence-corrected chi connectivity index (χ3v) is 5.35. The van der Waals surface area contributed by atoms with Gasteiger partial charge in [0.25, 0.3) is 0 Å². The number of phenolic OH excluding ortho intramolecular Hbond substituents is 2. The molecule has 5 nitrogen and oxygen atoms in total. The van der Waals surface area contributed by atoms with Crippen molar-refractivity contribution in [3.05, 3.63) is 21.9 Å². The first kappa shape index (κ1) is 15.6. The molecule has 1 aromatic carbocycles. The fourth-order valence-corrected chi connectivity index (χ4v) is 4.09. The van der Waals surface area contributed by atoms with Gasteiger partial charge in [-0.25, -0.2) is 4.79 Å². The second-order valence-corrected chi connectivity index (χ2v) is 6.53. The van der Waals surface area contributed by atoms with E-state index < -0.39 is 5.97 Å². The van der Waals surface area contributed by atoms with Gasteiger partial charge in [-0.05, 0) is 18.6 Å². The largest absolute Gasteiger partial charge is 0.507 e. The van der Waals surface area contributed by atoms with Crippen molar-refractivity contribution in [1.29, 1.82) is 5.26 Å². The number of ether oxygens (including phenoxy) is 1. The van der Waals surface area contributed by atoms with Crippen molar-refractivity contribution in [3.8, 4) is 17.6 Å². The lowest BCUT2D eigenvalue weighted by molar-refractivity contribution is -0.138. The molecule has 2 rings (SSSR count). The molecule has 0 amide bonds. The zero-order chi connectivity index (χ0) is 15.4. The Morgan fingerprint density at radius 1 is 1.29 bits per heavy atom. The first-order chi connectivity index (χ1) is 10.1. The number of carbonyl (C=O) groups is 1. The molecule has 21 heavy (non-hydrogen) atoms. The summed E-state index contributed by atoms with van der Waals surface area (Å²) in [5, 5.41) is 28.7. The van der Waals surface area contributed by atoms with Crippen LogP contribution >= 0.6 is 23.5 Å². The fraction of sp³-hybridized carbons (Fsp3) is 0.286. The molecule has 1 heterocycles. The van der Waals surface area contributed by atoms with Gasteiger partial charge >= 0.3 is 5.97 Å². The Morgan fingerprint density at radius 3 is 2.33 bits per heavy atom. The number of phenols is 2.